The summed E-state index contributed by atoms with van der Waals surface area (Å²) in [5.74, 6) is 0.306. The van der Waals surface area contributed by atoms with Gasteiger partial charge < -0.3 is 24.7 Å². The number of halogens is 1. The fourth-order valence-electron chi connectivity index (χ4n) is 7.00. The van der Waals surface area contributed by atoms with Gasteiger partial charge in [-0.05, 0) is 44.6 Å². The molecule has 3 saturated heterocycles. The first-order chi connectivity index (χ1) is 18.9. The molecular formula is C29H35FN6O3. The number of nitrogens with zero attached hydrogens (tertiary/aromatic N) is 5. The quantitative estimate of drug-likeness (QED) is 0.514. The van der Waals surface area contributed by atoms with E-state index in [1.807, 2.05) is 17.2 Å². The minimum Gasteiger partial charge on any atom is -0.487 e. The van der Waals surface area contributed by atoms with Gasteiger partial charge in [-0.3, -0.25) is 9.69 Å². The van der Waals surface area contributed by atoms with E-state index in [0.29, 0.717) is 41.1 Å². The molecule has 0 atom stereocenters. The second kappa shape index (κ2) is 9.45. The lowest BCUT2D eigenvalue weighted by molar-refractivity contribution is -0.131. The lowest BCUT2D eigenvalue weighted by atomic mass is 9.85. The summed E-state index contributed by atoms with van der Waals surface area (Å²) in [5, 5.41) is 0.670. The van der Waals surface area contributed by atoms with Crippen LogP contribution in [0.5, 0.6) is 5.75 Å². The highest BCUT2D eigenvalue weighted by Gasteiger charge is 2.47. The second-order valence-corrected chi connectivity index (χ2v) is 11.6. The van der Waals surface area contributed by atoms with Gasteiger partial charge in [0.25, 0.3) is 0 Å². The third-order valence-electron chi connectivity index (χ3n) is 9.40. The van der Waals surface area contributed by atoms with Gasteiger partial charge in [0.15, 0.2) is 11.6 Å². The molecule has 2 bridgehead atoms. The van der Waals surface area contributed by atoms with E-state index in [0.717, 1.165) is 70.4 Å². The number of benzene rings is 1. The first-order valence-corrected chi connectivity index (χ1v) is 14.1. The number of aromatic nitrogens is 3. The van der Waals surface area contributed by atoms with Crippen LogP contribution in [-0.2, 0) is 9.53 Å². The van der Waals surface area contributed by atoms with Gasteiger partial charge in [0.05, 0.1) is 11.5 Å². The standard InChI is InChI=1S/C29H35FN6O3/c1-18(37)34-9-11-35(12-10-34)19-13-20(14-19)36-15-23(25-27(31)32-17-33-28(25)36)22-3-2-4-24(26(22)30)38-16-29-7-5-21(39-29)6-8-29/h2-4,15,17,19-21H,5-14,16H2,1H3,(H2,31,32,33). The van der Waals surface area contributed by atoms with Crippen LogP contribution in [0.4, 0.5) is 10.2 Å². The normalized spacial score (nSPS) is 28.7. The number of hydrogen-bond acceptors (Lipinski definition) is 7. The van der Waals surface area contributed by atoms with Crippen LogP contribution < -0.4 is 10.5 Å². The smallest absolute Gasteiger partial charge is 0.219 e. The van der Waals surface area contributed by atoms with E-state index >= 15 is 4.39 Å². The maximum absolute atomic E-state index is 15.9. The molecule has 3 aromatic rings. The molecule has 0 spiro atoms. The summed E-state index contributed by atoms with van der Waals surface area (Å²) in [6.45, 7) is 5.35. The van der Waals surface area contributed by atoms with Crippen LogP contribution in [0.2, 0.25) is 0 Å². The van der Waals surface area contributed by atoms with Crippen LogP contribution in [-0.4, -0.2) is 80.8 Å². The Morgan fingerprint density at radius 1 is 1.13 bits per heavy atom. The first kappa shape index (κ1) is 24.8. The number of fused-ring (bicyclic) bond motifs is 3. The number of rotatable bonds is 6. The van der Waals surface area contributed by atoms with Crippen molar-refractivity contribution in [3.05, 3.63) is 36.5 Å². The summed E-state index contributed by atoms with van der Waals surface area (Å²) < 4.78 is 30.2. The van der Waals surface area contributed by atoms with E-state index in [2.05, 4.69) is 19.4 Å². The van der Waals surface area contributed by atoms with Crippen molar-refractivity contribution in [1.29, 1.82) is 0 Å². The Kier molecular flexibility index (Phi) is 6.00. The zero-order chi connectivity index (χ0) is 26.7. The van der Waals surface area contributed by atoms with Crippen LogP contribution >= 0.6 is 0 Å². The van der Waals surface area contributed by atoms with Crippen molar-refractivity contribution in [2.75, 3.05) is 38.5 Å². The largest absolute Gasteiger partial charge is 0.487 e. The monoisotopic (exact) mass is 534 g/mol. The van der Waals surface area contributed by atoms with Crippen molar-refractivity contribution in [2.45, 2.75) is 69.2 Å². The van der Waals surface area contributed by atoms with Gasteiger partial charge in [0.1, 0.15) is 30.0 Å². The van der Waals surface area contributed by atoms with E-state index < -0.39 is 5.82 Å². The summed E-state index contributed by atoms with van der Waals surface area (Å²) in [5.41, 5.74) is 7.91. The number of piperazine rings is 1. The SMILES string of the molecule is CC(=O)N1CCN(C2CC(n3cc(-c4cccc(OCC56CCC(CC5)O6)c4F)c4c(N)ncnc43)C2)CC1. The molecule has 206 valence electrons. The summed E-state index contributed by atoms with van der Waals surface area (Å²) in [6.07, 6.45) is 9.78. The van der Waals surface area contributed by atoms with E-state index in [1.54, 1.807) is 19.1 Å². The molecule has 2 aromatic heterocycles. The third-order valence-corrected chi connectivity index (χ3v) is 9.40. The summed E-state index contributed by atoms with van der Waals surface area (Å²) >= 11 is 0. The highest BCUT2D eigenvalue weighted by molar-refractivity contribution is 6.01. The van der Waals surface area contributed by atoms with Gasteiger partial charge in [-0.15, -0.1) is 0 Å². The van der Waals surface area contributed by atoms with Crippen molar-refractivity contribution in [1.82, 2.24) is 24.3 Å². The van der Waals surface area contributed by atoms with Crippen molar-refractivity contribution < 1.29 is 18.7 Å². The lowest BCUT2D eigenvalue weighted by Crippen LogP contribution is -2.54. The second-order valence-electron chi connectivity index (χ2n) is 11.6. The summed E-state index contributed by atoms with van der Waals surface area (Å²) in [6, 6.07) is 5.97. The van der Waals surface area contributed by atoms with Gasteiger partial charge in [0.2, 0.25) is 5.91 Å². The fraction of sp³-hybridized carbons (Fsp3) is 0.552. The minimum absolute atomic E-state index is 0.144. The number of nitrogen functional groups attached to an aromatic ring is 1. The molecule has 3 aliphatic heterocycles. The van der Waals surface area contributed by atoms with Gasteiger partial charge in [-0.2, -0.15) is 0 Å². The molecule has 0 unspecified atom stereocenters. The van der Waals surface area contributed by atoms with Gasteiger partial charge in [-0.25, -0.2) is 14.4 Å². The number of amides is 1. The number of carbonyl (C=O) groups is 1. The van der Waals surface area contributed by atoms with Crippen LogP contribution in [0, 0.1) is 5.82 Å². The van der Waals surface area contributed by atoms with Crippen molar-refractivity contribution in [3.63, 3.8) is 0 Å². The zero-order valence-electron chi connectivity index (χ0n) is 22.3. The Balaban J connectivity index is 1.13. The molecule has 9 nitrogen and oxygen atoms in total. The Hall–Kier alpha value is -3.24. The Morgan fingerprint density at radius 3 is 2.59 bits per heavy atom. The Bertz CT molecular complexity index is 1400. The van der Waals surface area contributed by atoms with E-state index in [9.17, 15) is 4.79 Å². The number of carbonyl (C=O) groups excluding carboxylic acids is 1. The molecule has 4 fully saturated rings. The first-order valence-electron chi connectivity index (χ1n) is 14.1. The zero-order valence-corrected chi connectivity index (χ0v) is 22.3. The molecule has 10 heteroatoms. The summed E-state index contributed by atoms with van der Waals surface area (Å²) in [4.78, 5) is 24.9. The predicted molar refractivity (Wildman–Crippen MR) is 145 cm³/mol. The van der Waals surface area contributed by atoms with Gasteiger partial charge in [-0.1, -0.05) is 12.1 Å². The van der Waals surface area contributed by atoms with Crippen molar-refractivity contribution in [2.24, 2.45) is 0 Å². The number of anilines is 1. The van der Waals surface area contributed by atoms with Gasteiger partial charge >= 0.3 is 0 Å². The van der Waals surface area contributed by atoms with Gasteiger partial charge in [0, 0.05) is 62.5 Å². The van der Waals surface area contributed by atoms with Crippen LogP contribution in [0.15, 0.2) is 30.7 Å². The molecule has 1 saturated carbocycles. The molecule has 2 N–H and O–H groups in total. The molecule has 1 amide bonds. The molecule has 1 aliphatic carbocycles. The van der Waals surface area contributed by atoms with E-state index in [4.69, 9.17) is 15.2 Å². The molecule has 39 heavy (non-hydrogen) atoms. The molecule has 5 heterocycles. The molecular weight excluding hydrogens is 499 g/mol. The molecule has 1 aromatic carbocycles. The number of hydrogen-bond donors (Lipinski definition) is 1. The van der Waals surface area contributed by atoms with E-state index in [-0.39, 0.29) is 23.3 Å². The average molecular weight is 535 g/mol. The molecule has 0 radical (unpaired) electrons. The molecule has 7 rings (SSSR count). The van der Waals surface area contributed by atoms with Crippen LogP contribution in [0.1, 0.15) is 51.5 Å². The van der Waals surface area contributed by atoms with Crippen molar-refractivity contribution >= 4 is 22.8 Å². The Morgan fingerprint density at radius 2 is 1.90 bits per heavy atom. The van der Waals surface area contributed by atoms with Crippen LogP contribution in [0.25, 0.3) is 22.2 Å². The maximum Gasteiger partial charge on any atom is 0.219 e. The van der Waals surface area contributed by atoms with Crippen molar-refractivity contribution in [3.8, 4) is 16.9 Å². The maximum atomic E-state index is 15.9. The number of nitrogens with two attached hydrogens (primary N) is 1. The highest BCUT2D eigenvalue weighted by Crippen LogP contribution is 2.45. The highest BCUT2D eigenvalue weighted by atomic mass is 19.1. The van der Waals surface area contributed by atoms with Crippen LogP contribution in [0.3, 0.4) is 0 Å². The fourth-order valence-corrected chi connectivity index (χ4v) is 7.00. The topological polar surface area (TPSA) is 98.7 Å². The average Bonchev–Trinajstić information content (AvgIpc) is 3.62. The Labute approximate surface area is 227 Å². The number of ether oxygens (including phenoxy) is 2. The minimum atomic E-state index is -0.404. The predicted octanol–water partition coefficient (Wildman–Crippen LogP) is 3.78. The lowest BCUT2D eigenvalue weighted by Gasteiger charge is -2.46. The molecule has 4 aliphatic rings. The van der Waals surface area contributed by atoms with E-state index in [1.165, 1.54) is 6.33 Å². The summed E-state index contributed by atoms with van der Waals surface area (Å²) in [7, 11) is 0. The third kappa shape index (κ3) is 4.24.